The highest BCUT2D eigenvalue weighted by Gasteiger charge is 2.29. The zero-order valence-electron chi connectivity index (χ0n) is 10.5. The van der Waals surface area contributed by atoms with Gasteiger partial charge < -0.3 is 10.2 Å². The van der Waals surface area contributed by atoms with Crippen molar-refractivity contribution < 1.29 is 13.2 Å². The van der Waals surface area contributed by atoms with E-state index in [0.717, 1.165) is 0 Å². The summed E-state index contributed by atoms with van der Waals surface area (Å²) in [5.41, 5.74) is 2.33. The number of hydrogen-bond acceptors (Lipinski definition) is 7. The summed E-state index contributed by atoms with van der Waals surface area (Å²) in [4.78, 5) is 4.69. The Bertz CT molecular complexity index is 662. The van der Waals surface area contributed by atoms with Crippen molar-refractivity contribution in [3.8, 4) is 0 Å². The quantitative estimate of drug-likeness (QED) is 0.573. The maximum absolute atomic E-state index is 12.5. The molecule has 106 valence electrons. The Labute approximate surface area is 114 Å². The molecular weight excluding hydrogens is 290 g/mol. The second kappa shape index (κ2) is 5.43. The largest absolute Gasteiger partial charge is 0.383 e. The molecule has 0 spiro atoms. The van der Waals surface area contributed by atoms with Crippen molar-refractivity contribution in [1.82, 2.24) is 13.7 Å². The lowest BCUT2D eigenvalue weighted by molar-refractivity contribution is 0.185. The number of nitrogen functional groups attached to an aromatic ring is 1. The molecule has 0 aliphatic heterocycles. The van der Waals surface area contributed by atoms with Crippen LogP contribution in [-0.2, 0) is 14.8 Å². The number of thiazole rings is 1. The number of anilines is 1. The van der Waals surface area contributed by atoms with Crippen molar-refractivity contribution in [2.75, 3.05) is 32.7 Å². The summed E-state index contributed by atoms with van der Waals surface area (Å²) < 4.78 is 32.6. The molecule has 2 rings (SSSR count). The fourth-order valence-corrected chi connectivity index (χ4v) is 3.72. The molecule has 0 aromatic carbocycles. The SMILES string of the molecule is COCCN(C)S(=O)(=O)c1c(NN)nc2sccn12. The molecule has 2 aromatic rings. The van der Waals surface area contributed by atoms with Crippen molar-refractivity contribution in [2.45, 2.75) is 5.03 Å². The molecule has 0 saturated carbocycles. The third kappa shape index (κ3) is 2.44. The number of likely N-dealkylation sites (N-methyl/N-ethyl adjacent to an activating group) is 1. The Morgan fingerprint density at radius 1 is 1.63 bits per heavy atom. The van der Waals surface area contributed by atoms with Gasteiger partial charge in [-0.3, -0.25) is 4.40 Å². The van der Waals surface area contributed by atoms with Gasteiger partial charge in [-0.05, 0) is 0 Å². The molecule has 3 N–H and O–H groups in total. The number of nitrogens with one attached hydrogen (secondary N) is 1. The maximum atomic E-state index is 12.5. The number of hydrazine groups is 1. The minimum absolute atomic E-state index is 0.0323. The van der Waals surface area contributed by atoms with Crippen LogP contribution in [0.5, 0.6) is 0 Å². The van der Waals surface area contributed by atoms with E-state index < -0.39 is 10.0 Å². The fourth-order valence-electron chi connectivity index (χ4n) is 1.59. The number of fused-ring (bicyclic) bond motifs is 1. The normalized spacial score (nSPS) is 12.4. The van der Waals surface area contributed by atoms with Gasteiger partial charge in [-0.2, -0.15) is 9.29 Å². The molecule has 0 amide bonds. The molecule has 0 fully saturated rings. The first-order valence-electron chi connectivity index (χ1n) is 5.39. The molecule has 0 aliphatic rings. The molecule has 0 aliphatic carbocycles. The van der Waals surface area contributed by atoms with Gasteiger partial charge in [-0.25, -0.2) is 14.3 Å². The Balaban J connectivity index is 2.49. The Morgan fingerprint density at radius 2 is 2.37 bits per heavy atom. The second-order valence-electron chi connectivity index (χ2n) is 3.78. The first-order chi connectivity index (χ1) is 9.02. The summed E-state index contributed by atoms with van der Waals surface area (Å²) in [6.07, 6.45) is 1.64. The van der Waals surface area contributed by atoms with Gasteiger partial charge >= 0.3 is 0 Å². The number of methoxy groups -OCH3 is 1. The number of nitrogens with zero attached hydrogens (tertiary/aromatic N) is 3. The molecule has 8 nitrogen and oxygen atoms in total. The zero-order valence-corrected chi connectivity index (χ0v) is 12.2. The van der Waals surface area contributed by atoms with Crippen LogP contribution in [-0.4, -0.2) is 49.4 Å². The van der Waals surface area contributed by atoms with Gasteiger partial charge in [0.1, 0.15) is 0 Å². The molecule has 2 heterocycles. The molecule has 10 heteroatoms. The minimum atomic E-state index is -3.69. The van der Waals surface area contributed by atoms with Crippen LogP contribution in [0.25, 0.3) is 4.96 Å². The van der Waals surface area contributed by atoms with Gasteiger partial charge in [0.2, 0.25) is 5.03 Å². The van der Waals surface area contributed by atoms with E-state index in [0.29, 0.717) is 11.6 Å². The molecule has 0 radical (unpaired) electrons. The lowest BCUT2D eigenvalue weighted by atomic mass is 10.7. The van der Waals surface area contributed by atoms with Crippen LogP contribution >= 0.6 is 11.3 Å². The van der Waals surface area contributed by atoms with Crippen LogP contribution in [0.2, 0.25) is 0 Å². The molecule has 19 heavy (non-hydrogen) atoms. The van der Waals surface area contributed by atoms with Crippen molar-refractivity contribution in [1.29, 1.82) is 0 Å². The maximum Gasteiger partial charge on any atom is 0.262 e. The lowest BCUT2D eigenvalue weighted by Crippen LogP contribution is -2.31. The monoisotopic (exact) mass is 305 g/mol. The summed E-state index contributed by atoms with van der Waals surface area (Å²) in [5.74, 6) is 5.48. The van der Waals surface area contributed by atoms with Crippen molar-refractivity contribution in [3.05, 3.63) is 11.6 Å². The predicted octanol–water partition coefficient (Wildman–Crippen LogP) is -0.0517. The Morgan fingerprint density at radius 3 is 3.00 bits per heavy atom. The number of ether oxygens (including phenoxy) is 1. The number of aromatic nitrogens is 2. The van der Waals surface area contributed by atoms with E-state index in [1.165, 1.54) is 34.2 Å². The third-order valence-electron chi connectivity index (χ3n) is 2.62. The van der Waals surface area contributed by atoms with E-state index in [-0.39, 0.29) is 17.4 Å². The van der Waals surface area contributed by atoms with E-state index in [9.17, 15) is 8.42 Å². The van der Waals surface area contributed by atoms with Crippen LogP contribution in [0.3, 0.4) is 0 Å². The van der Waals surface area contributed by atoms with E-state index in [1.807, 2.05) is 0 Å². The third-order valence-corrected chi connectivity index (χ3v) is 5.26. The number of imidazole rings is 1. The van der Waals surface area contributed by atoms with E-state index in [4.69, 9.17) is 10.6 Å². The van der Waals surface area contributed by atoms with Gasteiger partial charge in [0, 0.05) is 32.3 Å². The highest BCUT2D eigenvalue weighted by atomic mass is 32.2. The summed E-state index contributed by atoms with van der Waals surface area (Å²) in [6, 6.07) is 0. The van der Waals surface area contributed by atoms with E-state index in [1.54, 1.807) is 11.6 Å². The van der Waals surface area contributed by atoms with Gasteiger partial charge in [0.15, 0.2) is 10.8 Å². The first kappa shape index (κ1) is 14.2. The fraction of sp³-hybridized carbons (Fsp3) is 0.444. The van der Waals surface area contributed by atoms with Crippen LogP contribution in [0.1, 0.15) is 0 Å². The second-order valence-corrected chi connectivity index (χ2v) is 6.62. The Hall–Kier alpha value is -1.20. The van der Waals surface area contributed by atoms with Gasteiger partial charge in [-0.1, -0.05) is 0 Å². The summed E-state index contributed by atoms with van der Waals surface area (Å²) in [7, 11) is -0.686. The summed E-state index contributed by atoms with van der Waals surface area (Å²) in [6.45, 7) is 0.562. The van der Waals surface area contributed by atoms with Crippen LogP contribution in [0, 0.1) is 0 Å². The molecule has 0 saturated heterocycles. The lowest BCUT2D eigenvalue weighted by Gasteiger charge is -2.16. The van der Waals surface area contributed by atoms with Gasteiger partial charge in [-0.15, -0.1) is 11.3 Å². The predicted molar refractivity (Wildman–Crippen MR) is 72.6 cm³/mol. The number of rotatable bonds is 6. The van der Waals surface area contributed by atoms with E-state index >= 15 is 0 Å². The Kier molecular flexibility index (Phi) is 4.06. The number of sulfonamides is 1. The summed E-state index contributed by atoms with van der Waals surface area (Å²) in [5, 5.41) is 1.79. The number of hydrogen-bond donors (Lipinski definition) is 2. The van der Waals surface area contributed by atoms with Crippen molar-refractivity contribution >= 4 is 32.1 Å². The van der Waals surface area contributed by atoms with Crippen LogP contribution in [0.4, 0.5) is 5.82 Å². The zero-order chi connectivity index (χ0) is 14.0. The van der Waals surface area contributed by atoms with Crippen molar-refractivity contribution in [2.24, 2.45) is 5.84 Å². The van der Waals surface area contributed by atoms with Crippen molar-refractivity contribution in [3.63, 3.8) is 0 Å². The topological polar surface area (TPSA) is 102 Å². The standard InChI is InChI=1S/C9H15N5O3S2/c1-13(3-5-17-2)19(15,16)8-7(12-10)11-9-14(8)4-6-18-9/h4,6,12H,3,5,10H2,1-2H3. The summed E-state index contributed by atoms with van der Waals surface area (Å²) >= 11 is 1.33. The first-order valence-corrected chi connectivity index (χ1v) is 7.71. The molecular formula is C9H15N5O3S2. The molecule has 0 atom stereocenters. The smallest absolute Gasteiger partial charge is 0.262 e. The van der Waals surface area contributed by atoms with E-state index in [2.05, 4.69) is 10.4 Å². The van der Waals surface area contributed by atoms with Gasteiger partial charge in [0.25, 0.3) is 10.0 Å². The average molecular weight is 305 g/mol. The molecule has 0 bridgehead atoms. The van der Waals surface area contributed by atoms with Crippen LogP contribution < -0.4 is 11.3 Å². The average Bonchev–Trinajstić information content (AvgIpc) is 2.94. The van der Waals surface area contributed by atoms with Gasteiger partial charge in [0.05, 0.1) is 6.61 Å². The number of nitrogens with two attached hydrogens (primary N) is 1. The molecule has 2 aromatic heterocycles. The van der Waals surface area contributed by atoms with Crippen LogP contribution in [0.15, 0.2) is 16.6 Å². The molecule has 0 unspecified atom stereocenters. The highest BCUT2D eigenvalue weighted by Crippen LogP contribution is 2.26. The highest BCUT2D eigenvalue weighted by molar-refractivity contribution is 7.89. The minimum Gasteiger partial charge on any atom is -0.383 e.